The van der Waals surface area contributed by atoms with Crippen LogP contribution in [0.25, 0.3) is 127 Å². The lowest BCUT2D eigenvalue weighted by Gasteiger charge is -2.46. The third-order valence-corrected chi connectivity index (χ3v) is 26.9. The number of para-hydroxylation sites is 6. The molecule has 0 fully saturated rings. The zero-order chi connectivity index (χ0) is 104. The number of anilines is 6. The van der Waals surface area contributed by atoms with Crippen molar-refractivity contribution in [1.29, 1.82) is 0 Å². The Balaban J connectivity index is 1.08. The number of rotatable bonds is 9. The Bertz CT molecular complexity index is 8320. The van der Waals surface area contributed by atoms with Crippen molar-refractivity contribution in [2.75, 3.05) is 9.80 Å². The first kappa shape index (κ1) is 66.7. The van der Waals surface area contributed by atoms with Gasteiger partial charge >= 0.3 is 0 Å². The van der Waals surface area contributed by atoms with Gasteiger partial charge in [0.25, 0.3) is 6.71 Å². The summed E-state index contributed by atoms with van der Waals surface area (Å²) >= 11 is 0. The van der Waals surface area contributed by atoms with E-state index in [1.54, 1.807) is 9.13 Å². The molecule has 5 heterocycles. The predicted molar refractivity (Wildman–Crippen MR) is 555 cm³/mol. The van der Waals surface area contributed by atoms with Gasteiger partial charge < -0.3 is 23.5 Å². The van der Waals surface area contributed by atoms with Crippen LogP contribution in [0.3, 0.4) is 0 Å². The van der Waals surface area contributed by atoms with Crippen molar-refractivity contribution < 1.29 is 21.9 Å². The zero-order valence-electron chi connectivity index (χ0n) is 94.4. The molecule has 2 aliphatic heterocycles. The van der Waals surface area contributed by atoms with Gasteiger partial charge in [-0.15, -0.1) is 0 Å². The van der Waals surface area contributed by atoms with Crippen LogP contribution in [0.1, 0.15) is 233 Å². The van der Waals surface area contributed by atoms with Gasteiger partial charge in [-0.2, -0.15) is 0 Å². The summed E-state index contributed by atoms with van der Waals surface area (Å²) in [5, 5.41) is 1.73. The third kappa shape index (κ3) is 13.8. The van der Waals surface area contributed by atoms with Gasteiger partial charge in [0.2, 0.25) is 0 Å². The second-order valence-corrected chi connectivity index (χ2v) is 43.9. The van der Waals surface area contributed by atoms with E-state index in [1.165, 1.54) is 0 Å². The molecule has 0 aliphatic carbocycles. The van der Waals surface area contributed by atoms with E-state index < -0.39 is 120 Å². The van der Waals surface area contributed by atoms with E-state index in [4.69, 9.17) is 0 Å². The standard InChI is InChI=1S/C122H122BN5/c1-115(2,3)77-54-50-75(51-55-77)85-40-33-42-92(87-63-58-81(119(13,14)15)70-98(87)122(22,23)24)113(85)127-107-71-82(124-101-46-29-25-36-88(101)89-37-26-30-47-102(89)124)61-64-99(107)123-100-65-62-83(125-103-48-31-27-38-90(103)91-39-28-32-49-104(91)125)72-108(100)128(110-74-84(73-109(127)112(110)123)126-105-66-59-79(117(7,8)9)68-94(105)95-69-80(118(10,11)12)60-67-106(95)126)114-86(76-52-56-78(57-53-76)116(4,5)6)41-34-43-93(114)111-96(120(16,17)18)44-35-45-97(111)121(19,20)21/h25-74H,1-24H3/i25D,26D,27D,28D,29D,30D,31D,32D,36D,37D,38D,39D,46D,47D,48D,49D. The molecule has 0 saturated carbocycles. The Labute approximate surface area is 782 Å². The third-order valence-electron chi connectivity index (χ3n) is 26.9. The zero-order valence-corrected chi connectivity index (χ0v) is 78.4. The Hall–Kier alpha value is -12.6. The largest absolute Gasteiger partial charge is 0.310 e. The van der Waals surface area contributed by atoms with Crippen LogP contribution in [0.2, 0.25) is 0 Å². The highest BCUT2D eigenvalue weighted by Gasteiger charge is 2.47. The highest BCUT2D eigenvalue weighted by molar-refractivity contribution is 7.00. The molecule has 638 valence electrons. The van der Waals surface area contributed by atoms with Crippen molar-refractivity contribution >= 4 is 123 Å². The van der Waals surface area contributed by atoms with Crippen molar-refractivity contribution in [2.24, 2.45) is 0 Å². The van der Waals surface area contributed by atoms with Gasteiger partial charge in [0.05, 0.1) is 72.1 Å². The van der Waals surface area contributed by atoms with Gasteiger partial charge in [-0.05, 0) is 211 Å². The Morgan fingerprint density at radius 3 is 0.938 bits per heavy atom. The SMILES string of the molecule is [2H]c1c([2H])c([2H])c2c(c1[2H])c1c([2H])c([2H])c([2H])c([2H])c1n2-c1ccc2c(c1)N(c1c(-c3ccc(C(C)(C)C)cc3)cccc1-c1ccc(C(C)(C)C)cc1C(C)(C)C)c1cc(-n3c4ccc(C(C)(C)C)cc4c4cc(C(C)(C)C)ccc43)cc3c1B2c1ccc(-n2c4c([2H])c([2H])c([2H])c([2H])c4c4c([2H])c([2H])c([2H])c([2H])c42)cc1N3c1c(-c2ccc(C(C)(C)C)cc2)cccc1-c1c(C(C)(C)C)cccc1C(C)(C)C. The minimum atomic E-state index is -0.876. The van der Waals surface area contributed by atoms with Crippen LogP contribution < -0.4 is 26.2 Å². The molecule has 2 aliphatic rings. The topological polar surface area (TPSA) is 21.3 Å². The molecule has 0 N–H and O–H groups in total. The monoisotopic (exact) mass is 1680 g/mol. The highest BCUT2D eigenvalue weighted by Crippen LogP contribution is 2.58. The van der Waals surface area contributed by atoms with E-state index in [-0.39, 0.29) is 70.7 Å². The van der Waals surface area contributed by atoms with Crippen molar-refractivity contribution in [1.82, 2.24) is 13.7 Å². The molecular formula is C122H122BN5. The van der Waals surface area contributed by atoms with E-state index in [2.05, 4.69) is 363 Å². The summed E-state index contributed by atoms with van der Waals surface area (Å²) < 4.78 is 162. The van der Waals surface area contributed by atoms with E-state index in [9.17, 15) is 21.9 Å². The summed E-state index contributed by atoms with van der Waals surface area (Å²) in [6, 6.07) is 66.8. The van der Waals surface area contributed by atoms with Crippen LogP contribution in [0.15, 0.2) is 303 Å². The Morgan fingerprint density at radius 2 is 0.555 bits per heavy atom. The molecule has 0 amide bonds. The molecular weight excluding hydrogens is 1550 g/mol. The molecule has 18 aromatic rings. The Kier molecular flexibility index (Phi) is 15.4. The first-order valence-electron chi connectivity index (χ1n) is 53.2. The molecule has 15 aromatic carbocycles. The molecule has 0 radical (unpaired) electrons. The van der Waals surface area contributed by atoms with Crippen molar-refractivity contribution in [3.8, 4) is 61.6 Å². The Morgan fingerprint density at radius 1 is 0.234 bits per heavy atom. The summed E-state index contributed by atoms with van der Waals surface area (Å²) in [5.74, 6) is 0. The van der Waals surface area contributed by atoms with Crippen LogP contribution in [0.5, 0.6) is 0 Å². The minimum Gasteiger partial charge on any atom is -0.310 e. The maximum absolute atomic E-state index is 10.2. The van der Waals surface area contributed by atoms with Crippen molar-refractivity contribution in [3.05, 3.63) is 347 Å². The maximum atomic E-state index is 10.2. The summed E-state index contributed by atoms with van der Waals surface area (Å²) in [6.45, 7) is 53.0. The predicted octanol–water partition coefficient (Wildman–Crippen LogP) is 32.1. The second kappa shape index (κ2) is 29.5. The number of hydrogen-bond acceptors (Lipinski definition) is 2. The molecule has 0 unspecified atom stereocenters. The molecule has 0 spiro atoms. The van der Waals surface area contributed by atoms with E-state index >= 15 is 0 Å². The van der Waals surface area contributed by atoms with Gasteiger partial charge in [-0.3, -0.25) is 0 Å². The quantitative estimate of drug-likeness (QED) is 0.134. The van der Waals surface area contributed by atoms with Crippen LogP contribution in [-0.2, 0) is 43.3 Å². The fourth-order valence-corrected chi connectivity index (χ4v) is 20.1. The van der Waals surface area contributed by atoms with E-state index in [1.807, 2.05) is 24.3 Å². The van der Waals surface area contributed by atoms with Gasteiger partial charge in [-0.1, -0.05) is 384 Å². The first-order valence-corrected chi connectivity index (χ1v) is 45.2. The summed E-state index contributed by atoms with van der Waals surface area (Å²) in [4.78, 5) is 4.86. The van der Waals surface area contributed by atoms with Gasteiger partial charge in [0.15, 0.2) is 0 Å². The molecule has 6 heteroatoms. The van der Waals surface area contributed by atoms with Crippen LogP contribution in [-0.4, -0.2) is 20.4 Å². The van der Waals surface area contributed by atoms with Crippen molar-refractivity contribution in [3.63, 3.8) is 0 Å². The molecule has 0 atom stereocenters. The van der Waals surface area contributed by atoms with E-state index in [0.29, 0.717) is 34.1 Å². The fourth-order valence-electron chi connectivity index (χ4n) is 20.1. The summed E-state index contributed by atoms with van der Waals surface area (Å²) in [5.41, 5.74) is 22.3. The highest BCUT2D eigenvalue weighted by atomic mass is 15.2. The number of aromatic nitrogens is 3. The molecule has 128 heavy (non-hydrogen) atoms. The lowest BCUT2D eigenvalue weighted by Crippen LogP contribution is -2.61. The molecule has 0 saturated heterocycles. The van der Waals surface area contributed by atoms with Crippen LogP contribution in [0, 0.1) is 0 Å². The van der Waals surface area contributed by atoms with Gasteiger partial charge in [0, 0.05) is 88.7 Å². The number of nitrogens with zero attached hydrogens (tertiary/aromatic N) is 5. The number of fused-ring (bicyclic) bond motifs is 13. The number of hydrogen-bond donors (Lipinski definition) is 0. The molecule has 3 aromatic heterocycles. The van der Waals surface area contributed by atoms with Crippen LogP contribution in [0.4, 0.5) is 34.1 Å². The maximum Gasteiger partial charge on any atom is 0.252 e. The van der Waals surface area contributed by atoms with Crippen molar-refractivity contribution in [2.45, 2.75) is 209 Å². The smallest absolute Gasteiger partial charge is 0.252 e. The number of benzene rings is 15. The van der Waals surface area contributed by atoms with Gasteiger partial charge in [0.1, 0.15) is 0 Å². The van der Waals surface area contributed by atoms with Gasteiger partial charge in [-0.25, -0.2) is 0 Å². The average Bonchev–Trinajstić information content (AvgIpc) is 1.13. The molecule has 0 bridgehead atoms. The first-order chi connectivity index (χ1) is 67.2. The van der Waals surface area contributed by atoms with Crippen LogP contribution >= 0.6 is 0 Å². The average molecular weight is 1690 g/mol. The lowest BCUT2D eigenvalue weighted by molar-refractivity contribution is 0.569. The fraction of sp³-hybridized carbons (Fsp3) is 0.262. The molecule has 5 nitrogen and oxygen atoms in total. The molecule has 20 rings (SSSR count). The normalized spacial score (nSPS) is 15.3. The van der Waals surface area contributed by atoms with E-state index in [0.717, 1.165) is 144 Å². The summed E-state index contributed by atoms with van der Waals surface area (Å²) in [6.07, 6.45) is 0. The summed E-state index contributed by atoms with van der Waals surface area (Å²) in [7, 11) is 0. The second-order valence-electron chi connectivity index (χ2n) is 43.9. The lowest BCUT2D eigenvalue weighted by atomic mass is 9.33. The minimum absolute atomic E-state index is 0.0593.